The van der Waals surface area contributed by atoms with E-state index < -0.39 is 0 Å². The third-order valence-corrected chi connectivity index (χ3v) is 3.95. The molecule has 1 heterocycles. The number of amides is 1. The fourth-order valence-corrected chi connectivity index (χ4v) is 2.64. The van der Waals surface area contributed by atoms with Crippen LogP contribution >= 0.6 is 0 Å². The number of nitrogens with zero attached hydrogens (tertiary/aromatic N) is 2. The Kier molecular flexibility index (Phi) is 5.09. The SMILES string of the molecule is CCC(CN)N1CCN(C(=O)c2ccc(F)cc2)CC1. The molecule has 1 aliphatic rings. The molecule has 1 fully saturated rings. The van der Waals surface area contributed by atoms with E-state index in [4.69, 9.17) is 5.73 Å². The Morgan fingerprint density at radius 3 is 2.35 bits per heavy atom. The highest BCUT2D eigenvalue weighted by atomic mass is 19.1. The molecule has 0 radical (unpaired) electrons. The number of carbonyl (C=O) groups is 1. The van der Waals surface area contributed by atoms with Crippen LogP contribution in [0.15, 0.2) is 24.3 Å². The normalized spacial score (nSPS) is 18.1. The number of carbonyl (C=O) groups excluding carboxylic acids is 1. The quantitative estimate of drug-likeness (QED) is 0.904. The Balaban J connectivity index is 1.93. The van der Waals surface area contributed by atoms with Gasteiger partial charge in [0.15, 0.2) is 0 Å². The van der Waals surface area contributed by atoms with Gasteiger partial charge in [0, 0.05) is 44.3 Å². The molecule has 1 amide bonds. The van der Waals surface area contributed by atoms with Crippen molar-refractivity contribution >= 4 is 5.91 Å². The zero-order chi connectivity index (χ0) is 14.5. The van der Waals surface area contributed by atoms with Crippen LogP contribution in [0.5, 0.6) is 0 Å². The first kappa shape index (κ1) is 14.9. The summed E-state index contributed by atoms with van der Waals surface area (Å²) in [5.41, 5.74) is 6.30. The van der Waals surface area contributed by atoms with Crippen LogP contribution in [0.4, 0.5) is 4.39 Å². The molecule has 0 saturated carbocycles. The molecule has 2 rings (SSSR count). The van der Waals surface area contributed by atoms with E-state index in [9.17, 15) is 9.18 Å². The highest BCUT2D eigenvalue weighted by Crippen LogP contribution is 2.12. The molecule has 1 aromatic rings. The van der Waals surface area contributed by atoms with Crippen LogP contribution in [0.2, 0.25) is 0 Å². The molecule has 1 aromatic carbocycles. The van der Waals surface area contributed by atoms with Gasteiger partial charge in [0.25, 0.3) is 5.91 Å². The first-order valence-electron chi connectivity index (χ1n) is 7.14. The van der Waals surface area contributed by atoms with Crippen molar-refractivity contribution in [1.29, 1.82) is 0 Å². The van der Waals surface area contributed by atoms with E-state index in [2.05, 4.69) is 11.8 Å². The predicted octanol–water partition coefficient (Wildman–Crippen LogP) is 1.32. The summed E-state index contributed by atoms with van der Waals surface area (Å²) in [5.74, 6) is -0.342. The molecule has 2 N–H and O–H groups in total. The third kappa shape index (κ3) is 3.35. The van der Waals surface area contributed by atoms with E-state index in [0.29, 0.717) is 31.2 Å². The van der Waals surface area contributed by atoms with E-state index in [1.54, 1.807) is 12.1 Å². The molecular formula is C15H22FN3O. The summed E-state index contributed by atoms with van der Waals surface area (Å²) >= 11 is 0. The van der Waals surface area contributed by atoms with Crippen molar-refractivity contribution in [1.82, 2.24) is 9.80 Å². The second-order valence-electron chi connectivity index (χ2n) is 5.13. The maximum Gasteiger partial charge on any atom is 0.253 e. The van der Waals surface area contributed by atoms with Gasteiger partial charge >= 0.3 is 0 Å². The number of nitrogens with two attached hydrogens (primary N) is 1. The van der Waals surface area contributed by atoms with Gasteiger partial charge in [-0.2, -0.15) is 0 Å². The smallest absolute Gasteiger partial charge is 0.253 e. The van der Waals surface area contributed by atoms with E-state index in [-0.39, 0.29) is 11.7 Å². The molecule has 4 nitrogen and oxygen atoms in total. The lowest BCUT2D eigenvalue weighted by Gasteiger charge is -2.38. The van der Waals surface area contributed by atoms with Crippen molar-refractivity contribution in [3.05, 3.63) is 35.6 Å². The van der Waals surface area contributed by atoms with Crippen molar-refractivity contribution in [2.24, 2.45) is 5.73 Å². The van der Waals surface area contributed by atoms with Gasteiger partial charge < -0.3 is 10.6 Å². The van der Waals surface area contributed by atoms with Crippen LogP contribution in [0, 0.1) is 5.82 Å². The van der Waals surface area contributed by atoms with Crippen LogP contribution < -0.4 is 5.73 Å². The third-order valence-electron chi connectivity index (χ3n) is 3.95. The first-order chi connectivity index (χ1) is 9.65. The van der Waals surface area contributed by atoms with Gasteiger partial charge in [-0.1, -0.05) is 6.92 Å². The van der Waals surface area contributed by atoms with Crippen LogP contribution in [-0.2, 0) is 0 Å². The fourth-order valence-electron chi connectivity index (χ4n) is 2.64. The topological polar surface area (TPSA) is 49.6 Å². The first-order valence-corrected chi connectivity index (χ1v) is 7.14. The van der Waals surface area contributed by atoms with E-state index in [0.717, 1.165) is 19.5 Å². The lowest BCUT2D eigenvalue weighted by molar-refractivity contribution is 0.0571. The number of hydrogen-bond acceptors (Lipinski definition) is 3. The summed E-state index contributed by atoms with van der Waals surface area (Å²) in [6, 6.07) is 6.13. The summed E-state index contributed by atoms with van der Waals surface area (Å²) in [5, 5.41) is 0. The van der Waals surface area contributed by atoms with Gasteiger partial charge in [0.2, 0.25) is 0 Å². The van der Waals surface area contributed by atoms with Crippen molar-refractivity contribution in [3.8, 4) is 0 Å². The molecule has 1 atom stereocenters. The van der Waals surface area contributed by atoms with E-state index in [1.807, 2.05) is 4.90 Å². The monoisotopic (exact) mass is 279 g/mol. The molecule has 110 valence electrons. The van der Waals surface area contributed by atoms with Crippen molar-refractivity contribution in [3.63, 3.8) is 0 Å². The Morgan fingerprint density at radius 2 is 1.85 bits per heavy atom. The highest BCUT2D eigenvalue weighted by Gasteiger charge is 2.25. The summed E-state index contributed by atoms with van der Waals surface area (Å²) in [4.78, 5) is 16.5. The molecule has 0 aliphatic carbocycles. The van der Waals surface area contributed by atoms with Crippen LogP contribution in [0.1, 0.15) is 23.7 Å². The molecule has 1 unspecified atom stereocenters. The van der Waals surface area contributed by atoms with Crippen LogP contribution in [0.25, 0.3) is 0 Å². The van der Waals surface area contributed by atoms with E-state index >= 15 is 0 Å². The van der Waals surface area contributed by atoms with Gasteiger partial charge in [-0.15, -0.1) is 0 Å². The minimum absolute atomic E-state index is 0.0227. The van der Waals surface area contributed by atoms with E-state index in [1.165, 1.54) is 12.1 Å². The maximum atomic E-state index is 12.9. The summed E-state index contributed by atoms with van der Waals surface area (Å²) in [6.07, 6.45) is 1.03. The number of rotatable bonds is 4. The molecule has 20 heavy (non-hydrogen) atoms. The summed E-state index contributed by atoms with van der Waals surface area (Å²) in [7, 11) is 0. The Labute approximate surface area is 119 Å². The highest BCUT2D eigenvalue weighted by molar-refractivity contribution is 5.94. The van der Waals surface area contributed by atoms with Crippen LogP contribution in [-0.4, -0.2) is 54.5 Å². The minimum atomic E-state index is -0.319. The molecule has 0 bridgehead atoms. The number of hydrogen-bond donors (Lipinski definition) is 1. The Bertz CT molecular complexity index is 437. The largest absolute Gasteiger partial charge is 0.336 e. The fraction of sp³-hybridized carbons (Fsp3) is 0.533. The van der Waals surface area contributed by atoms with Crippen molar-refractivity contribution in [2.45, 2.75) is 19.4 Å². The number of benzene rings is 1. The van der Waals surface area contributed by atoms with Crippen LogP contribution in [0.3, 0.4) is 0 Å². The Hall–Kier alpha value is -1.46. The molecule has 1 saturated heterocycles. The maximum absolute atomic E-state index is 12.9. The lowest BCUT2D eigenvalue weighted by Crippen LogP contribution is -2.53. The molecule has 0 spiro atoms. The number of halogens is 1. The molecule has 5 heteroatoms. The van der Waals surface area contributed by atoms with Gasteiger partial charge in [-0.3, -0.25) is 9.69 Å². The summed E-state index contributed by atoms with van der Waals surface area (Å²) < 4.78 is 12.9. The van der Waals surface area contributed by atoms with Crippen molar-refractivity contribution < 1.29 is 9.18 Å². The average molecular weight is 279 g/mol. The standard InChI is InChI=1S/C15H22FN3O/c1-2-14(11-17)18-7-9-19(10-8-18)15(20)12-3-5-13(16)6-4-12/h3-6,14H,2,7-11,17H2,1H3. The second kappa shape index (κ2) is 6.81. The van der Waals surface area contributed by atoms with Gasteiger partial charge in [0.1, 0.15) is 5.82 Å². The second-order valence-corrected chi connectivity index (χ2v) is 5.13. The predicted molar refractivity (Wildman–Crippen MR) is 77.0 cm³/mol. The van der Waals surface area contributed by atoms with Gasteiger partial charge in [0.05, 0.1) is 0 Å². The summed E-state index contributed by atoms with van der Waals surface area (Å²) in [6.45, 7) is 5.89. The molecule has 1 aliphatic heterocycles. The van der Waals surface area contributed by atoms with Gasteiger partial charge in [-0.25, -0.2) is 4.39 Å². The zero-order valence-corrected chi connectivity index (χ0v) is 11.9. The zero-order valence-electron chi connectivity index (χ0n) is 11.9. The minimum Gasteiger partial charge on any atom is -0.336 e. The molecule has 0 aromatic heterocycles. The van der Waals surface area contributed by atoms with Crippen molar-refractivity contribution in [2.75, 3.05) is 32.7 Å². The average Bonchev–Trinajstić information content (AvgIpc) is 2.49. The number of piperazine rings is 1. The Morgan fingerprint density at radius 1 is 1.25 bits per heavy atom. The lowest BCUT2D eigenvalue weighted by atomic mass is 10.1. The molecular weight excluding hydrogens is 257 g/mol. The van der Waals surface area contributed by atoms with Gasteiger partial charge in [-0.05, 0) is 30.7 Å².